The van der Waals surface area contributed by atoms with Gasteiger partial charge in [-0.15, -0.1) is 11.6 Å². The molecule has 23 heavy (non-hydrogen) atoms. The van der Waals surface area contributed by atoms with E-state index in [1.807, 2.05) is 0 Å². The second-order valence-corrected chi connectivity index (χ2v) is 4.47. The van der Waals surface area contributed by atoms with Crippen LogP contribution in [0.5, 0.6) is 11.5 Å². The molecule has 0 unspecified atom stereocenters. The Balaban J connectivity index is 3.01. The zero-order valence-electron chi connectivity index (χ0n) is 11.3. The summed E-state index contributed by atoms with van der Waals surface area (Å²) in [5.41, 5.74) is 5.31. The van der Waals surface area contributed by atoms with E-state index in [0.717, 1.165) is 18.2 Å². The van der Waals surface area contributed by atoms with Crippen LogP contribution in [0.25, 0.3) is 0 Å². The monoisotopic (exact) mass is 364 g/mol. The fourth-order valence-electron chi connectivity index (χ4n) is 1.31. The molecule has 0 aromatic heterocycles. The van der Waals surface area contributed by atoms with Gasteiger partial charge in [-0.25, -0.2) is 4.99 Å². The summed E-state index contributed by atoms with van der Waals surface area (Å²) in [6, 6.07) is 3.00. The van der Waals surface area contributed by atoms with Gasteiger partial charge >= 0.3 is 12.4 Å². The van der Waals surface area contributed by atoms with E-state index in [9.17, 15) is 26.3 Å². The van der Waals surface area contributed by atoms with E-state index in [0.29, 0.717) is 0 Å². The van der Waals surface area contributed by atoms with E-state index in [-0.39, 0.29) is 28.9 Å². The van der Waals surface area contributed by atoms with Crippen molar-refractivity contribution in [1.82, 2.24) is 0 Å². The van der Waals surface area contributed by atoms with Crippen molar-refractivity contribution in [3.8, 4) is 11.5 Å². The van der Waals surface area contributed by atoms with Gasteiger partial charge in [0.05, 0.1) is 11.6 Å². The highest BCUT2D eigenvalue weighted by atomic mass is 35.5. The van der Waals surface area contributed by atoms with Crippen LogP contribution in [0.1, 0.15) is 0 Å². The van der Waals surface area contributed by atoms with Crippen molar-refractivity contribution in [2.45, 2.75) is 12.4 Å². The number of rotatable bonds is 6. The largest absolute Gasteiger partial charge is 0.484 e. The smallest absolute Gasteiger partial charge is 0.422 e. The summed E-state index contributed by atoms with van der Waals surface area (Å²) in [6.45, 7) is -3.24. The van der Waals surface area contributed by atoms with Crippen molar-refractivity contribution in [3.05, 3.63) is 18.2 Å². The molecule has 1 aromatic carbocycles. The molecule has 11 heteroatoms. The summed E-state index contributed by atoms with van der Waals surface area (Å²) in [5, 5.41) is 0. The number of benzene rings is 1. The van der Waals surface area contributed by atoms with E-state index in [4.69, 9.17) is 17.3 Å². The van der Waals surface area contributed by atoms with E-state index in [2.05, 4.69) is 14.5 Å². The maximum atomic E-state index is 12.1. The van der Waals surface area contributed by atoms with Crippen LogP contribution in [-0.4, -0.2) is 37.3 Å². The minimum atomic E-state index is -4.61. The van der Waals surface area contributed by atoms with Crippen LogP contribution in [0.15, 0.2) is 23.2 Å². The first-order valence-electron chi connectivity index (χ1n) is 5.92. The molecule has 0 atom stereocenters. The minimum Gasteiger partial charge on any atom is -0.484 e. The molecule has 0 aliphatic rings. The third-order valence-corrected chi connectivity index (χ3v) is 2.35. The van der Waals surface area contributed by atoms with Gasteiger partial charge in [0, 0.05) is 18.2 Å². The number of halogens is 7. The summed E-state index contributed by atoms with van der Waals surface area (Å²) in [5.74, 6) is -1.00. The van der Waals surface area contributed by atoms with E-state index in [1.54, 1.807) is 0 Å². The van der Waals surface area contributed by atoms with E-state index < -0.39 is 25.6 Å². The summed E-state index contributed by atoms with van der Waals surface area (Å²) < 4.78 is 81.8. The molecule has 2 N–H and O–H groups in total. The fourth-order valence-corrected chi connectivity index (χ4v) is 1.37. The number of aliphatic imine (C=N–C) groups is 1. The number of hydrogen-bond acceptors (Lipinski definition) is 3. The van der Waals surface area contributed by atoms with Crippen LogP contribution < -0.4 is 15.2 Å². The number of nitrogens with two attached hydrogens (primary N) is 1. The molecule has 0 saturated carbocycles. The number of amidine groups is 1. The Morgan fingerprint density at radius 3 is 1.74 bits per heavy atom. The van der Waals surface area contributed by atoms with Gasteiger partial charge in [0.15, 0.2) is 13.2 Å². The standard InChI is InChI=1S/C12H11ClF6N2O2/c13-4-10(20)21-7-1-8(22-5-11(14,15)16)3-9(2-7)23-6-12(17,18)19/h1-3H,4-6H2,(H2,20,21). The Bertz CT molecular complexity index is 523. The summed E-state index contributed by atoms with van der Waals surface area (Å²) in [7, 11) is 0. The van der Waals surface area contributed by atoms with Crippen LogP contribution in [0.4, 0.5) is 32.0 Å². The lowest BCUT2D eigenvalue weighted by atomic mass is 10.3. The molecule has 1 aromatic rings. The zero-order chi connectivity index (χ0) is 17.7. The Morgan fingerprint density at radius 2 is 1.39 bits per heavy atom. The summed E-state index contributed by atoms with van der Waals surface area (Å²) in [6.07, 6.45) is -9.22. The quantitative estimate of drug-likeness (QED) is 0.361. The molecule has 0 spiro atoms. The highest BCUT2D eigenvalue weighted by Crippen LogP contribution is 2.30. The van der Waals surface area contributed by atoms with Gasteiger partial charge in [0.2, 0.25) is 0 Å². The van der Waals surface area contributed by atoms with Crippen molar-refractivity contribution in [3.63, 3.8) is 0 Å². The molecule has 0 fully saturated rings. The molecular formula is C12H11ClF6N2O2. The normalized spacial score (nSPS) is 13.1. The summed E-state index contributed by atoms with van der Waals surface area (Å²) >= 11 is 5.41. The molecule has 0 bridgehead atoms. The van der Waals surface area contributed by atoms with Gasteiger partial charge in [0.25, 0.3) is 0 Å². The second kappa shape index (κ2) is 7.62. The molecule has 0 aliphatic heterocycles. The third-order valence-electron chi connectivity index (χ3n) is 2.08. The van der Waals surface area contributed by atoms with E-state index >= 15 is 0 Å². The third kappa shape index (κ3) is 8.38. The molecule has 0 aliphatic carbocycles. The van der Waals surface area contributed by atoms with Crippen molar-refractivity contribution < 1.29 is 35.8 Å². The molecule has 0 heterocycles. The second-order valence-electron chi connectivity index (χ2n) is 4.21. The van der Waals surface area contributed by atoms with Crippen molar-refractivity contribution >= 4 is 23.1 Å². The van der Waals surface area contributed by atoms with Crippen LogP contribution in [-0.2, 0) is 0 Å². The minimum absolute atomic E-state index is 0.0556. The predicted octanol–water partition coefficient (Wildman–Crippen LogP) is 3.80. The molecule has 0 amide bonds. The topological polar surface area (TPSA) is 56.8 Å². The van der Waals surface area contributed by atoms with Crippen molar-refractivity contribution in [1.29, 1.82) is 0 Å². The van der Waals surface area contributed by atoms with Gasteiger partial charge in [-0.1, -0.05) is 0 Å². The SMILES string of the molecule is NC(CCl)=Nc1cc(OCC(F)(F)F)cc(OCC(F)(F)F)c1. The van der Waals surface area contributed by atoms with Crippen molar-refractivity contribution in [2.75, 3.05) is 19.1 Å². The molecule has 130 valence electrons. The molecule has 1 rings (SSSR count). The first-order valence-corrected chi connectivity index (χ1v) is 6.45. The fraction of sp³-hybridized carbons (Fsp3) is 0.417. The Morgan fingerprint density at radius 1 is 0.957 bits per heavy atom. The van der Waals surface area contributed by atoms with Gasteiger partial charge in [-0.3, -0.25) is 0 Å². The molecule has 4 nitrogen and oxygen atoms in total. The Hall–Kier alpha value is -1.84. The van der Waals surface area contributed by atoms with Gasteiger partial charge < -0.3 is 15.2 Å². The van der Waals surface area contributed by atoms with Gasteiger partial charge in [0.1, 0.15) is 17.3 Å². The number of ether oxygens (including phenoxy) is 2. The highest BCUT2D eigenvalue weighted by molar-refractivity contribution is 6.28. The Labute approximate surface area is 131 Å². The van der Waals surface area contributed by atoms with Crippen LogP contribution in [0.3, 0.4) is 0 Å². The van der Waals surface area contributed by atoms with Gasteiger partial charge in [-0.2, -0.15) is 26.3 Å². The van der Waals surface area contributed by atoms with Crippen molar-refractivity contribution in [2.24, 2.45) is 10.7 Å². The Kier molecular flexibility index (Phi) is 6.37. The number of nitrogens with zero attached hydrogens (tertiary/aromatic N) is 1. The molecule has 0 radical (unpaired) electrons. The lowest BCUT2D eigenvalue weighted by molar-refractivity contribution is -0.153. The first-order chi connectivity index (χ1) is 10.5. The number of alkyl halides is 7. The maximum Gasteiger partial charge on any atom is 0.422 e. The number of hydrogen-bond donors (Lipinski definition) is 1. The average molecular weight is 365 g/mol. The zero-order valence-corrected chi connectivity index (χ0v) is 12.1. The van der Waals surface area contributed by atoms with Crippen LogP contribution >= 0.6 is 11.6 Å². The predicted molar refractivity (Wildman–Crippen MR) is 71.5 cm³/mol. The first kappa shape index (κ1) is 19.2. The molecular weight excluding hydrogens is 354 g/mol. The van der Waals surface area contributed by atoms with E-state index in [1.165, 1.54) is 0 Å². The lowest BCUT2D eigenvalue weighted by Gasteiger charge is -2.13. The average Bonchev–Trinajstić information content (AvgIpc) is 2.41. The maximum absolute atomic E-state index is 12.1. The highest BCUT2D eigenvalue weighted by Gasteiger charge is 2.29. The van der Waals surface area contributed by atoms with Gasteiger partial charge in [-0.05, 0) is 0 Å². The van der Waals surface area contributed by atoms with Crippen LogP contribution in [0.2, 0.25) is 0 Å². The molecule has 0 saturated heterocycles. The summed E-state index contributed by atoms with van der Waals surface area (Å²) in [4.78, 5) is 3.73. The lowest BCUT2D eigenvalue weighted by Crippen LogP contribution is -2.20. The van der Waals surface area contributed by atoms with Crippen LogP contribution in [0, 0.1) is 0 Å².